The maximum absolute atomic E-state index is 13.0. The van der Waals surface area contributed by atoms with Crippen molar-refractivity contribution in [2.24, 2.45) is 5.92 Å². The monoisotopic (exact) mass is 334 g/mol. The van der Waals surface area contributed by atoms with E-state index in [-0.39, 0.29) is 5.54 Å². The lowest BCUT2D eigenvalue weighted by Gasteiger charge is -2.61. The fourth-order valence-corrected chi connectivity index (χ4v) is 4.79. The molecule has 0 spiro atoms. The molecule has 2 aromatic rings. The molecule has 0 N–H and O–H groups in total. The number of rotatable bonds is 5. The maximum Gasteiger partial charge on any atom is 0.223 e. The van der Waals surface area contributed by atoms with Crippen molar-refractivity contribution >= 4 is 5.91 Å². The van der Waals surface area contributed by atoms with Gasteiger partial charge in [0.25, 0.3) is 0 Å². The second kappa shape index (κ2) is 6.99. The molecule has 2 fully saturated rings. The summed E-state index contributed by atoms with van der Waals surface area (Å²) in [7, 11) is 0. The van der Waals surface area contributed by atoms with Gasteiger partial charge in [0, 0.05) is 30.8 Å². The molecule has 1 aliphatic carbocycles. The molecule has 1 aliphatic heterocycles. The number of amides is 1. The van der Waals surface area contributed by atoms with Gasteiger partial charge in [0.15, 0.2) is 0 Å². The number of aryl methyl sites for hydroxylation is 1. The van der Waals surface area contributed by atoms with Crippen LogP contribution in [0.15, 0.2) is 54.7 Å². The van der Waals surface area contributed by atoms with Crippen LogP contribution in [0.25, 0.3) is 0 Å². The summed E-state index contributed by atoms with van der Waals surface area (Å²) in [4.78, 5) is 19.5. The summed E-state index contributed by atoms with van der Waals surface area (Å²) < 4.78 is 0. The van der Waals surface area contributed by atoms with Crippen LogP contribution >= 0.6 is 0 Å². The first kappa shape index (κ1) is 16.3. The lowest BCUT2D eigenvalue weighted by Crippen LogP contribution is -2.67. The molecule has 130 valence electrons. The second-order valence-electron chi connectivity index (χ2n) is 7.41. The van der Waals surface area contributed by atoms with Crippen LogP contribution in [0.4, 0.5) is 0 Å². The number of carbonyl (C=O) groups is 1. The number of hydrogen-bond acceptors (Lipinski definition) is 2. The highest BCUT2D eigenvalue weighted by molar-refractivity contribution is 5.78. The topological polar surface area (TPSA) is 33.2 Å². The molecule has 1 aromatic carbocycles. The number of likely N-dealkylation sites (tertiary alicyclic amines) is 1. The number of carbonyl (C=O) groups excluding carboxylic acids is 1. The van der Waals surface area contributed by atoms with Crippen molar-refractivity contribution in [3.63, 3.8) is 0 Å². The molecular formula is C22H26N2O. The Morgan fingerprint density at radius 1 is 1.12 bits per heavy atom. The number of fused-ring (bicyclic) bond motifs is 1. The van der Waals surface area contributed by atoms with Crippen LogP contribution in [0.2, 0.25) is 0 Å². The fourth-order valence-electron chi connectivity index (χ4n) is 4.79. The molecule has 1 saturated carbocycles. The van der Waals surface area contributed by atoms with Gasteiger partial charge in [-0.25, -0.2) is 0 Å². The van der Waals surface area contributed by atoms with Crippen molar-refractivity contribution in [2.45, 2.75) is 50.5 Å². The SMILES string of the molecule is O=C(CCCc1ccccn1)N1CC2CCCCC21c1ccccc1. The maximum atomic E-state index is 13.0. The Balaban J connectivity index is 1.45. The van der Waals surface area contributed by atoms with E-state index in [2.05, 4.69) is 40.2 Å². The fraction of sp³-hybridized carbons (Fsp3) is 0.455. The third-order valence-corrected chi connectivity index (χ3v) is 6.04. The average Bonchev–Trinajstić information content (AvgIpc) is 2.64. The molecule has 2 unspecified atom stereocenters. The zero-order valence-corrected chi connectivity index (χ0v) is 14.7. The van der Waals surface area contributed by atoms with Crippen molar-refractivity contribution in [3.8, 4) is 0 Å². The van der Waals surface area contributed by atoms with Crippen LogP contribution in [0.3, 0.4) is 0 Å². The van der Waals surface area contributed by atoms with E-state index in [1.807, 2.05) is 24.4 Å². The molecule has 0 radical (unpaired) electrons. The van der Waals surface area contributed by atoms with E-state index < -0.39 is 0 Å². The first-order chi connectivity index (χ1) is 12.3. The molecule has 4 rings (SSSR count). The van der Waals surface area contributed by atoms with Crippen LogP contribution in [-0.4, -0.2) is 22.3 Å². The molecule has 1 amide bonds. The van der Waals surface area contributed by atoms with E-state index in [0.717, 1.165) is 31.5 Å². The van der Waals surface area contributed by atoms with Crippen molar-refractivity contribution in [2.75, 3.05) is 6.54 Å². The van der Waals surface area contributed by atoms with E-state index in [4.69, 9.17) is 0 Å². The molecule has 2 heterocycles. The molecule has 0 bridgehead atoms. The van der Waals surface area contributed by atoms with Crippen molar-refractivity contribution < 1.29 is 4.79 Å². The van der Waals surface area contributed by atoms with Gasteiger partial charge in [-0.2, -0.15) is 0 Å². The van der Waals surface area contributed by atoms with Crippen molar-refractivity contribution in [1.82, 2.24) is 9.88 Å². The highest BCUT2D eigenvalue weighted by Crippen LogP contribution is 2.53. The number of benzene rings is 1. The van der Waals surface area contributed by atoms with Gasteiger partial charge < -0.3 is 4.90 Å². The van der Waals surface area contributed by atoms with Gasteiger partial charge in [-0.05, 0) is 43.4 Å². The van der Waals surface area contributed by atoms with E-state index >= 15 is 0 Å². The molecular weight excluding hydrogens is 308 g/mol. The predicted octanol–water partition coefficient (Wildman–Crippen LogP) is 4.33. The minimum absolute atomic E-state index is 0.0262. The van der Waals surface area contributed by atoms with Gasteiger partial charge in [0.2, 0.25) is 5.91 Å². The predicted molar refractivity (Wildman–Crippen MR) is 99.0 cm³/mol. The standard InChI is InChI=1S/C22H26N2O/c25-21(14-8-13-20-12-5-7-16-23-20)24-17-19-11-4-6-15-22(19,24)18-9-2-1-3-10-18/h1-3,5,7,9-10,12,16,19H,4,6,8,11,13-15,17H2. The molecule has 1 aromatic heterocycles. The minimum Gasteiger partial charge on any atom is -0.332 e. The van der Waals surface area contributed by atoms with Gasteiger partial charge in [-0.15, -0.1) is 0 Å². The van der Waals surface area contributed by atoms with Crippen LogP contribution < -0.4 is 0 Å². The van der Waals surface area contributed by atoms with E-state index in [1.54, 1.807) is 0 Å². The second-order valence-corrected chi connectivity index (χ2v) is 7.41. The lowest BCUT2D eigenvalue weighted by atomic mass is 9.61. The smallest absolute Gasteiger partial charge is 0.223 e. The number of nitrogens with zero attached hydrogens (tertiary/aromatic N) is 2. The Morgan fingerprint density at radius 3 is 2.72 bits per heavy atom. The van der Waals surface area contributed by atoms with Gasteiger partial charge in [0.05, 0.1) is 5.54 Å². The summed E-state index contributed by atoms with van der Waals surface area (Å²) >= 11 is 0. The quantitative estimate of drug-likeness (QED) is 0.815. The normalized spacial score (nSPS) is 25.1. The average molecular weight is 334 g/mol. The molecule has 1 saturated heterocycles. The zero-order chi connectivity index (χ0) is 17.1. The summed E-state index contributed by atoms with van der Waals surface area (Å²) in [6.45, 7) is 0.942. The van der Waals surface area contributed by atoms with E-state index in [0.29, 0.717) is 18.2 Å². The highest BCUT2D eigenvalue weighted by Gasteiger charge is 2.56. The summed E-state index contributed by atoms with van der Waals surface area (Å²) in [6.07, 6.45) is 9.11. The first-order valence-electron chi connectivity index (χ1n) is 9.56. The Hall–Kier alpha value is -2.16. The summed E-state index contributed by atoms with van der Waals surface area (Å²) in [6, 6.07) is 16.7. The number of hydrogen-bond donors (Lipinski definition) is 0. The largest absolute Gasteiger partial charge is 0.332 e. The van der Waals surface area contributed by atoms with Crippen molar-refractivity contribution in [1.29, 1.82) is 0 Å². The van der Waals surface area contributed by atoms with Crippen LogP contribution in [0.5, 0.6) is 0 Å². The van der Waals surface area contributed by atoms with Gasteiger partial charge in [-0.3, -0.25) is 9.78 Å². The summed E-state index contributed by atoms with van der Waals surface area (Å²) in [5.41, 5.74) is 2.39. The van der Waals surface area contributed by atoms with Crippen LogP contribution in [0, 0.1) is 5.92 Å². The molecule has 25 heavy (non-hydrogen) atoms. The number of aromatic nitrogens is 1. The number of pyridine rings is 1. The van der Waals surface area contributed by atoms with Crippen LogP contribution in [-0.2, 0) is 16.8 Å². The Bertz CT molecular complexity index is 715. The van der Waals surface area contributed by atoms with Gasteiger partial charge in [-0.1, -0.05) is 49.2 Å². The van der Waals surface area contributed by atoms with E-state index in [1.165, 1.54) is 24.8 Å². The highest BCUT2D eigenvalue weighted by atomic mass is 16.2. The molecule has 3 nitrogen and oxygen atoms in total. The first-order valence-corrected chi connectivity index (χ1v) is 9.56. The minimum atomic E-state index is -0.0262. The zero-order valence-electron chi connectivity index (χ0n) is 14.7. The lowest BCUT2D eigenvalue weighted by molar-refractivity contribution is -0.166. The van der Waals surface area contributed by atoms with Crippen molar-refractivity contribution in [3.05, 3.63) is 66.0 Å². The summed E-state index contributed by atoms with van der Waals surface area (Å²) in [5, 5.41) is 0. The van der Waals surface area contributed by atoms with E-state index in [9.17, 15) is 4.79 Å². The Kier molecular flexibility index (Phi) is 4.56. The summed E-state index contributed by atoms with van der Waals surface area (Å²) in [5.74, 6) is 0.960. The van der Waals surface area contributed by atoms with Crippen LogP contribution in [0.1, 0.15) is 49.8 Å². The molecule has 2 aliphatic rings. The Morgan fingerprint density at radius 2 is 1.96 bits per heavy atom. The molecule has 3 heteroatoms. The van der Waals surface area contributed by atoms with Gasteiger partial charge >= 0.3 is 0 Å². The Labute approximate surface area is 150 Å². The third-order valence-electron chi connectivity index (χ3n) is 6.04. The van der Waals surface area contributed by atoms with Gasteiger partial charge in [0.1, 0.15) is 0 Å². The molecule has 2 atom stereocenters. The third kappa shape index (κ3) is 2.97.